The van der Waals surface area contributed by atoms with Crippen molar-refractivity contribution in [3.63, 3.8) is 0 Å². The lowest BCUT2D eigenvalue weighted by molar-refractivity contribution is 0.0798. The summed E-state index contributed by atoms with van der Waals surface area (Å²) >= 11 is 0. The van der Waals surface area contributed by atoms with Gasteiger partial charge in [0, 0.05) is 11.5 Å². The molecule has 1 N–H and O–H groups in total. The Labute approximate surface area is 128 Å². The standard InChI is InChI=1S/C16H21N.2ClH/c1-2-6-13-12(5-1)11-15-14-7-3-4-8-16(13,14)9-10-17-15;;/h1-2,5-6,14-15,17H,3-4,7-11H2;2*1H/t14-,15+,16-;;/m0../s1. The van der Waals surface area contributed by atoms with Crippen LogP contribution in [0, 0.1) is 5.92 Å². The van der Waals surface area contributed by atoms with E-state index in [-0.39, 0.29) is 24.8 Å². The van der Waals surface area contributed by atoms with Crippen LogP contribution in [-0.2, 0) is 11.8 Å². The average Bonchev–Trinajstić information content (AvgIpc) is 2.39. The molecular formula is C16H23Cl2N. The van der Waals surface area contributed by atoms with Crippen LogP contribution in [0.3, 0.4) is 0 Å². The second kappa shape index (κ2) is 5.63. The van der Waals surface area contributed by atoms with Crippen LogP contribution in [0.1, 0.15) is 43.2 Å². The summed E-state index contributed by atoms with van der Waals surface area (Å²) in [6.45, 7) is 1.23. The summed E-state index contributed by atoms with van der Waals surface area (Å²) in [6, 6.07) is 10.0. The number of nitrogens with one attached hydrogen (secondary N) is 1. The van der Waals surface area contributed by atoms with Gasteiger partial charge in [-0.05, 0) is 49.3 Å². The summed E-state index contributed by atoms with van der Waals surface area (Å²) < 4.78 is 0. The molecule has 0 unspecified atom stereocenters. The molecule has 1 nitrogen and oxygen atoms in total. The molecule has 1 aliphatic heterocycles. The quantitative estimate of drug-likeness (QED) is 0.767. The zero-order valence-electron chi connectivity index (χ0n) is 11.2. The van der Waals surface area contributed by atoms with Crippen LogP contribution in [0.15, 0.2) is 24.3 Å². The molecule has 2 bridgehead atoms. The highest BCUT2D eigenvalue weighted by molar-refractivity contribution is 5.85. The van der Waals surface area contributed by atoms with E-state index in [0.717, 1.165) is 12.0 Å². The van der Waals surface area contributed by atoms with Crippen molar-refractivity contribution in [2.45, 2.75) is 50.0 Å². The Kier molecular flexibility index (Phi) is 4.49. The highest BCUT2D eigenvalue weighted by atomic mass is 35.5. The number of hydrogen-bond acceptors (Lipinski definition) is 1. The molecule has 3 aliphatic rings. The largest absolute Gasteiger partial charge is 0.313 e. The Morgan fingerprint density at radius 3 is 2.79 bits per heavy atom. The van der Waals surface area contributed by atoms with Crippen molar-refractivity contribution >= 4 is 24.8 Å². The second-order valence-corrected chi connectivity index (χ2v) is 6.18. The zero-order chi connectivity index (χ0) is 11.3. The molecule has 0 radical (unpaired) electrons. The summed E-state index contributed by atoms with van der Waals surface area (Å²) in [7, 11) is 0. The molecular weight excluding hydrogens is 277 g/mol. The first-order chi connectivity index (χ1) is 8.40. The molecule has 3 atom stereocenters. The molecule has 106 valence electrons. The van der Waals surface area contributed by atoms with Gasteiger partial charge in [-0.25, -0.2) is 0 Å². The summed E-state index contributed by atoms with van der Waals surface area (Å²) in [5, 5.41) is 3.79. The van der Waals surface area contributed by atoms with Gasteiger partial charge in [0.05, 0.1) is 0 Å². The first kappa shape index (κ1) is 15.2. The minimum atomic E-state index is 0. The summed E-state index contributed by atoms with van der Waals surface area (Å²) in [5.41, 5.74) is 3.88. The maximum Gasteiger partial charge on any atom is 0.0144 e. The van der Waals surface area contributed by atoms with Crippen molar-refractivity contribution in [1.29, 1.82) is 0 Å². The van der Waals surface area contributed by atoms with Crippen LogP contribution in [0.25, 0.3) is 0 Å². The first-order valence-corrected chi connectivity index (χ1v) is 7.22. The third-order valence-corrected chi connectivity index (χ3v) is 5.55. The van der Waals surface area contributed by atoms with Gasteiger partial charge in [0.25, 0.3) is 0 Å². The third-order valence-electron chi connectivity index (χ3n) is 5.55. The number of halogens is 2. The fourth-order valence-electron chi connectivity index (χ4n) is 4.89. The van der Waals surface area contributed by atoms with Gasteiger partial charge in [-0.2, -0.15) is 0 Å². The van der Waals surface area contributed by atoms with E-state index in [2.05, 4.69) is 29.6 Å². The van der Waals surface area contributed by atoms with Crippen LogP contribution in [0.2, 0.25) is 0 Å². The van der Waals surface area contributed by atoms with Gasteiger partial charge >= 0.3 is 0 Å². The number of fused-ring (bicyclic) bond motifs is 1. The Hall–Kier alpha value is -0.240. The lowest BCUT2D eigenvalue weighted by Gasteiger charge is -2.56. The molecule has 0 amide bonds. The molecule has 1 saturated carbocycles. The minimum absolute atomic E-state index is 0. The van der Waals surface area contributed by atoms with Crippen molar-refractivity contribution in [2.75, 3.05) is 6.54 Å². The third kappa shape index (κ3) is 2.11. The van der Waals surface area contributed by atoms with Crippen molar-refractivity contribution < 1.29 is 0 Å². The predicted octanol–water partition coefficient (Wildman–Crippen LogP) is 3.88. The van der Waals surface area contributed by atoms with E-state index in [1.807, 2.05) is 0 Å². The lowest BCUT2D eigenvalue weighted by atomic mass is 9.53. The van der Waals surface area contributed by atoms with E-state index < -0.39 is 0 Å². The van der Waals surface area contributed by atoms with Gasteiger partial charge in [0.15, 0.2) is 0 Å². The van der Waals surface area contributed by atoms with E-state index >= 15 is 0 Å². The minimum Gasteiger partial charge on any atom is -0.313 e. The molecule has 4 rings (SSSR count). The fraction of sp³-hybridized carbons (Fsp3) is 0.625. The van der Waals surface area contributed by atoms with Crippen LogP contribution in [0.5, 0.6) is 0 Å². The van der Waals surface area contributed by atoms with Gasteiger partial charge in [-0.15, -0.1) is 24.8 Å². The average molecular weight is 300 g/mol. The van der Waals surface area contributed by atoms with E-state index in [1.54, 1.807) is 11.1 Å². The van der Waals surface area contributed by atoms with Gasteiger partial charge in [-0.1, -0.05) is 37.1 Å². The lowest BCUT2D eigenvalue weighted by Crippen LogP contribution is -2.59. The molecule has 3 heteroatoms. The van der Waals surface area contributed by atoms with Crippen LogP contribution in [-0.4, -0.2) is 12.6 Å². The zero-order valence-corrected chi connectivity index (χ0v) is 12.9. The molecule has 1 aromatic rings. The molecule has 2 aliphatic carbocycles. The Morgan fingerprint density at radius 2 is 1.89 bits per heavy atom. The van der Waals surface area contributed by atoms with Gasteiger partial charge in [0.2, 0.25) is 0 Å². The molecule has 2 fully saturated rings. The summed E-state index contributed by atoms with van der Waals surface area (Å²) in [4.78, 5) is 0. The van der Waals surface area contributed by atoms with Crippen molar-refractivity contribution in [2.24, 2.45) is 5.92 Å². The maximum absolute atomic E-state index is 3.79. The molecule has 1 saturated heterocycles. The molecule has 1 heterocycles. The van der Waals surface area contributed by atoms with Gasteiger partial charge in [0.1, 0.15) is 0 Å². The molecule has 0 aromatic heterocycles. The van der Waals surface area contributed by atoms with Crippen molar-refractivity contribution in [3.05, 3.63) is 35.4 Å². The number of rotatable bonds is 0. The Morgan fingerprint density at radius 1 is 1.05 bits per heavy atom. The Balaban J connectivity index is 0.000000667. The highest BCUT2D eigenvalue weighted by Gasteiger charge is 2.51. The van der Waals surface area contributed by atoms with Crippen molar-refractivity contribution in [3.8, 4) is 0 Å². The molecule has 1 aromatic carbocycles. The smallest absolute Gasteiger partial charge is 0.0144 e. The van der Waals surface area contributed by atoms with Crippen molar-refractivity contribution in [1.82, 2.24) is 5.32 Å². The first-order valence-electron chi connectivity index (χ1n) is 7.22. The topological polar surface area (TPSA) is 12.0 Å². The SMILES string of the molecule is Cl.Cl.c1ccc2c(c1)C[C@H]1NCC[C@@]23CCCC[C@@H]13. The molecule has 19 heavy (non-hydrogen) atoms. The van der Waals surface area contributed by atoms with Gasteiger partial charge < -0.3 is 5.32 Å². The van der Waals surface area contributed by atoms with E-state index in [0.29, 0.717) is 5.41 Å². The van der Waals surface area contributed by atoms with E-state index in [4.69, 9.17) is 0 Å². The summed E-state index contributed by atoms with van der Waals surface area (Å²) in [5.74, 6) is 0.917. The predicted molar refractivity (Wildman–Crippen MR) is 84.7 cm³/mol. The summed E-state index contributed by atoms with van der Waals surface area (Å²) in [6.07, 6.45) is 8.41. The van der Waals surface area contributed by atoms with E-state index in [1.165, 1.54) is 45.1 Å². The molecule has 0 spiro atoms. The van der Waals surface area contributed by atoms with Crippen LogP contribution in [0.4, 0.5) is 0 Å². The second-order valence-electron chi connectivity index (χ2n) is 6.18. The van der Waals surface area contributed by atoms with Crippen LogP contribution < -0.4 is 5.32 Å². The monoisotopic (exact) mass is 299 g/mol. The normalized spacial score (nSPS) is 35.2. The number of piperidine rings is 1. The fourth-order valence-corrected chi connectivity index (χ4v) is 4.89. The van der Waals surface area contributed by atoms with E-state index in [9.17, 15) is 0 Å². The Bertz CT molecular complexity index is 444. The number of hydrogen-bond donors (Lipinski definition) is 1. The number of benzene rings is 1. The maximum atomic E-state index is 3.79. The van der Waals surface area contributed by atoms with Gasteiger partial charge in [-0.3, -0.25) is 0 Å². The highest BCUT2D eigenvalue weighted by Crippen LogP contribution is 2.53. The van der Waals surface area contributed by atoms with Crippen LogP contribution >= 0.6 is 24.8 Å².